The van der Waals surface area contributed by atoms with Gasteiger partial charge in [-0.1, -0.05) is 5.16 Å². The summed E-state index contributed by atoms with van der Waals surface area (Å²) in [6, 6.07) is 1.72. The van der Waals surface area contributed by atoms with E-state index in [4.69, 9.17) is 10.9 Å². The molecule has 1 aromatic heterocycles. The van der Waals surface area contributed by atoms with Crippen molar-refractivity contribution in [1.82, 2.24) is 15.1 Å². The fourth-order valence-electron chi connectivity index (χ4n) is 1.33. The van der Waals surface area contributed by atoms with Crippen LogP contribution in [0.25, 0.3) is 0 Å². The van der Waals surface area contributed by atoms with E-state index in [9.17, 15) is 13.2 Å². The first-order chi connectivity index (χ1) is 8.45. The molecule has 1 atom stereocenters. The Bertz CT molecular complexity index is 376. The minimum absolute atomic E-state index is 0.299. The molecule has 9 heteroatoms. The van der Waals surface area contributed by atoms with E-state index in [0.717, 1.165) is 0 Å². The molecule has 0 saturated carbocycles. The van der Waals surface area contributed by atoms with Crippen LogP contribution < -0.4 is 11.1 Å². The molecule has 0 fully saturated rings. The largest absolute Gasteiger partial charge is 0.409 e. The highest BCUT2D eigenvalue weighted by atomic mass is 19.4. The van der Waals surface area contributed by atoms with Gasteiger partial charge in [0, 0.05) is 25.5 Å². The van der Waals surface area contributed by atoms with Gasteiger partial charge in [0.25, 0.3) is 0 Å². The highest BCUT2D eigenvalue weighted by Crippen LogP contribution is 2.25. The van der Waals surface area contributed by atoms with Gasteiger partial charge in [-0.05, 0) is 6.07 Å². The van der Waals surface area contributed by atoms with Gasteiger partial charge in [-0.3, -0.25) is 4.68 Å². The fraction of sp³-hybridized carbons (Fsp3) is 0.556. The van der Waals surface area contributed by atoms with Gasteiger partial charge in [0.2, 0.25) is 0 Å². The lowest BCUT2D eigenvalue weighted by molar-refractivity contribution is -0.154. The zero-order valence-corrected chi connectivity index (χ0v) is 9.43. The van der Waals surface area contributed by atoms with Crippen LogP contribution in [0.15, 0.2) is 23.6 Å². The Morgan fingerprint density at radius 1 is 1.56 bits per heavy atom. The molecule has 18 heavy (non-hydrogen) atoms. The monoisotopic (exact) mass is 265 g/mol. The third-order valence-corrected chi connectivity index (χ3v) is 2.29. The van der Waals surface area contributed by atoms with Crippen molar-refractivity contribution in [1.29, 1.82) is 0 Å². The lowest BCUT2D eigenvalue weighted by Gasteiger charge is -2.19. The van der Waals surface area contributed by atoms with Gasteiger partial charge in [-0.15, -0.1) is 0 Å². The van der Waals surface area contributed by atoms with Crippen molar-refractivity contribution >= 4 is 5.84 Å². The van der Waals surface area contributed by atoms with E-state index >= 15 is 0 Å². The summed E-state index contributed by atoms with van der Waals surface area (Å²) in [5, 5.41) is 17.2. The lowest BCUT2D eigenvalue weighted by Crippen LogP contribution is -2.43. The summed E-state index contributed by atoms with van der Waals surface area (Å²) >= 11 is 0. The number of nitrogens with one attached hydrogen (secondary N) is 1. The molecule has 0 radical (unpaired) electrons. The zero-order valence-electron chi connectivity index (χ0n) is 9.43. The van der Waals surface area contributed by atoms with Crippen LogP contribution in [0.4, 0.5) is 13.2 Å². The van der Waals surface area contributed by atoms with E-state index in [-0.39, 0.29) is 0 Å². The molecule has 1 heterocycles. The van der Waals surface area contributed by atoms with Crippen LogP contribution in [0.2, 0.25) is 0 Å². The van der Waals surface area contributed by atoms with Gasteiger partial charge in [-0.2, -0.15) is 18.3 Å². The van der Waals surface area contributed by atoms with Crippen LogP contribution in [-0.4, -0.2) is 40.1 Å². The van der Waals surface area contributed by atoms with Crippen LogP contribution in [-0.2, 0) is 6.54 Å². The molecule has 1 unspecified atom stereocenters. The number of nitrogens with two attached hydrogens (primary N) is 1. The first kappa shape index (κ1) is 14.3. The van der Waals surface area contributed by atoms with E-state index < -0.39 is 24.5 Å². The number of rotatable bonds is 6. The second-order valence-corrected chi connectivity index (χ2v) is 3.59. The molecule has 0 saturated heterocycles. The molecule has 0 amide bonds. The maximum Gasteiger partial charge on any atom is 0.400 e. The Kier molecular flexibility index (Phi) is 4.95. The zero-order chi connectivity index (χ0) is 13.6. The predicted molar refractivity (Wildman–Crippen MR) is 58.1 cm³/mol. The van der Waals surface area contributed by atoms with Gasteiger partial charge in [0.1, 0.15) is 5.92 Å². The van der Waals surface area contributed by atoms with Gasteiger partial charge >= 0.3 is 6.18 Å². The average molecular weight is 265 g/mol. The molecule has 0 aliphatic carbocycles. The van der Waals surface area contributed by atoms with Crippen molar-refractivity contribution in [2.24, 2.45) is 16.8 Å². The number of nitrogens with zero attached hydrogens (tertiary/aromatic N) is 3. The van der Waals surface area contributed by atoms with Crippen molar-refractivity contribution in [3.05, 3.63) is 18.5 Å². The Hall–Kier alpha value is -1.77. The summed E-state index contributed by atoms with van der Waals surface area (Å²) in [5.74, 6) is -2.85. The maximum atomic E-state index is 12.5. The molecular weight excluding hydrogens is 251 g/mol. The molecule has 1 aromatic rings. The highest BCUT2D eigenvalue weighted by molar-refractivity contribution is 5.83. The standard InChI is InChI=1S/C9H14F3N5O/c10-9(11,12)7(8(13)16-18)6-14-3-5-17-4-1-2-15-17/h1-2,4,7,14,18H,3,5-6H2,(H2,13,16). The van der Waals surface area contributed by atoms with E-state index in [1.165, 1.54) is 0 Å². The molecule has 0 aliphatic heterocycles. The molecule has 4 N–H and O–H groups in total. The number of oxime groups is 1. The Labute approximate surface area is 101 Å². The van der Waals surface area contributed by atoms with Crippen molar-refractivity contribution in [2.45, 2.75) is 12.7 Å². The number of hydrogen-bond donors (Lipinski definition) is 3. The second kappa shape index (κ2) is 6.24. The van der Waals surface area contributed by atoms with Crippen LogP contribution in [0, 0.1) is 5.92 Å². The number of amidine groups is 1. The van der Waals surface area contributed by atoms with Crippen molar-refractivity contribution < 1.29 is 18.4 Å². The SMILES string of the molecule is N/C(=N/O)C(CNCCn1cccn1)C(F)(F)F. The normalized spacial score (nSPS) is 14.7. The smallest absolute Gasteiger partial charge is 0.400 e. The summed E-state index contributed by atoms with van der Waals surface area (Å²) in [6.45, 7) is 0.293. The molecule has 102 valence electrons. The number of aromatic nitrogens is 2. The first-order valence-electron chi connectivity index (χ1n) is 5.17. The van der Waals surface area contributed by atoms with Crippen molar-refractivity contribution in [3.63, 3.8) is 0 Å². The molecule has 0 spiro atoms. The Morgan fingerprint density at radius 3 is 2.78 bits per heavy atom. The fourth-order valence-corrected chi connectivity index (χ4v) is 1.33. The van der Waals surface area contributed by atoms with Crippen molar-refractivity contribution in [3.8, 4) is 0 Å². The summed E-state index contributed by atoms with van der Waals surface area (Å²) in [6.07, 6.45) is -1.27. The van der Waals surface area contributed by atoms with E-state index in [0.29, 0.717) is 13.1 Å². The summed E-state index contributed by atoms with van der Waals surface area (Å²) in [5.41, 5.74) is 5.00. The molecule has 0 aliphatic rings. The Morgan fingerprint density at radius 2 is 2.28 bits per heavy atom. The van der Waals surface area contributed by atoms with Crippen LogP contribution in [0.5, 0.6) is 0 Å². The molecule has 0 aromatic carbocycles. The van der Waals surface area contributed by atoms with Crippen molar-refractivity contribution in [2.75, 3.05) is 13.1 Å². The summed E-state index contributed by atoms with van der Waals surface area (Å²) in [7, 11) is 0. The van der Waals surface area contributed by atoms with Gasteiger partial charge < -0.3 is 16.3 Å². The van der Waals surface area contributed by atoms with E-state index in [1.807, 2.05) is 0 Å². The average Bonchev–Trinajstić information content (AvgIpc) is 2.79. The molecule has 0 bridgehead atoms. The minimum atomic E-state index is -4.55. The van der Waals surface area contributed by atoms with Crippen LogP contribution in [0.3, 0.4) is 0 Å². The van der Waals surface area contributed by atoms with Crippen LogP contribution in [0.1, 0.15) is 0 Å². The lowest BCUT2D eigenvalue weighted by atomic mass is 10.1. The van der Waals surface area contributed by atoms with Crippen LogP contribution >= 0.6 is 0 Å². The molecule has 1 rings (SSSR count). The second-order valence-electron chi connectivity index (χ2n) is 3.59. The number of halogens is 3. The predicted octanol–water partition coefficient (Wildman–Crippen LogP) is 0.398. The number of hydrogen-bond acceptors (Lipinski definition) is 4. The van der Waals surface area contributed by atoms with E-state index in [1.54, 1.807) is 23.1 Å². The van der Waals surface area contributed by atoms with E-state index in [2.05, 4.69) is 15.6 Å². The summed E-state index contributed by atoms with van der Waals surface area (Å²) in [4.78, 5) is 0. The van der Waals surface area contributed by atoms with Gasteiger partial charge in [0.15, 0.2) is 5.84 Å². The van der Waals surface area contributed by atoms with Gasteiger partial charge in [0.05, 0.1) is 6.54 Å². The topological polar surface area (TPSA) is 88.5 Å². The maximum absolute atomic E-state index is 12.5. The minimum Gasteiger partial charge on any atom is -0.409 e. The third kappa shape index (κ3) is 4.24. The first-order valence-corrected chi connectivity index (χ1v) is 5.17. The summed E-state index contributed by atoms with van der Waals surface area (Å²) < 4.78 is 39.2. The molecular formula is C9H14F3N5O. The quantitative estimate of drug-likeness (QED) is 0.228. The van der Waals surface area contributed by atoms with Gasteiger partial charge in [-0.25, -0.2) is 0 Å². The molecule has 6 nitrogen and oxygen atoms in total. The highest BCUT2D eigenvalue weighted by Gasteiger charge is 2.42. The Balaban J connectivity index is 2.39. The number of alkyl halides is 3. The third-order valence-electron chi connectivity index (χ3n) is 2.29.